The predicted molar refractivity (Wildman–Crippen MR) is 175 cm³/mol. The van der Waals surface area contributed by atoms with E-state index in [0.717, 1.165) is 24.3 Å². The molecular weight excluding hydrogens is 682 g/mol. The molecule has 0 fully saturated rings. The van der Waals surface area contributed by atoms with E-state index in [1.807, 2.05) is 24.3 Å². The third-order valence-electron chi connectivity index (χ3n) is 8.58. The molecule has 0 atom stereocenters. The Bertz CT molecular complexity index is 2360. The van der Waals surface area contributed by atoms with Crippen molar-refractivity contribution in [2.75, 3.05) is 0 Å². The van der Waals surface area contributed by atoms with Crippen LogP contribution in [0.15, 0.2) is 108 Å². The second-order valence-electron chi connectivity index (χ2n) is 11.6. The van der Waals surface area contributed by atoms with Crippen LogP contribution in [-0.2, 0) is 12.4 Å². The van der Waals surface area contributed by atoms with Crippen molar-refractivity contribution in [1.29, 1.82) is 21.0 Å². The second-order valence-corrected chi connectivity index (χ2v) is 11.6. The van der Waals surface area contributed by atoms with E-state index in [0.29, 0.717) is 44.5 Å². The van der Waals surface area contributed by atoms with Gasteiger partial charge in [-0.15, -0.1) is 0 Å². The summed E-state index contributed by atoms with van der Waals surface area (Å²) >= 11 is 0. The molecule has 0 N–H and O–H groups in total. The smallest absolute Gasteiger partial charge is 0.416 e. The highest BCUT2D eigenvalue weighted by Gasteiger charge is 2.35. The van der Waals surface area contributed by atoms with Gasteiger partial charge in [0.15, 0.2) is 0 Å². The Morgan fingerprint density at radius 2 is 0.692 bits per heavy atom. The van der Waals surface area contributed by atoms with Crippen LogP contribution in [0.3, 0.4) is 0 Å². The molecule has 0 bridgehead atoms. The largest absolute Gasteiger partial charge is 0.457 e. The minimum absolute atomic E-state index is 0.127. The van der Waals surface area contributed by atoms with Gasteiger partial charge < -0.3 is 9.47 Å². The number of benzene rings is 5. The molecule has 0 amide bonds. The van der Waals surface area contributed by atoms with E-state index in [1.54, 1.807) is 48.5 Å². The lowest BCUT2D eigenvalue weighted by Crippen LogP contribution is -2.04. The summed E-state index contributed by atoms with van der Waals surface area (Å²) in [5.74, 6) is 0.716. The monoisotopic (exact) mass is 698 g/mol. The van der Waals surface area contributed by atoms with Crippen LogP contribution in [0.5, 0.6) is 23.0 Å². The predicted octanol–water partition coefficient (Wildman–Crippen LogP) is 11.0. The first-order chi connectivity index (χ1) is 24.8. The fourth-order valence-corrected chi connectivity index (χ4v) is 6.31. The molecule has 5 aromatic carbocycles. The van der Waals surface area contributed by atoms with Crippen LogP contribution in [-0.4, -0.2) is 0 Å². The fourth-order valence-electron chi connectivity index (χ4n) is 6.31. The lowest BCUT2D eigenvalue weighted by molar-refractivity contribution is -0.138. The van der Waals surface area contributed by atoms with Crippen LogP contribution in [0.4, 0.5) is 26.3 Å². The van der Waals surface area contributed by atoms with Crippen LogP contribution < -0.4 is 9.47 Å². The minimum Gasteiger partial charge on any atom is -0.457 e. The Morgan fingerprint density at radius 3 is 1.00 bits per heavy atom. The summed E-state index contributed by atoms with van der Waals surface area (Å²) in [4.78, 5) is 0. The zero-order valence-corrected chi connectivity index (χ0v) is 26.1. The van der Waals surface area contributed by atoms with E-state index < -0.39 is 23.5 Å². The van der Waals surface area contributed by atoms with Crippen molar-refractivity contribution < 1.29 is 35.8 Å². The summed E-state index contributed by atoms with van der Waals surface area (Å²) in [6.45, 7) is 0. The molecule has 0 spiro atoms. The van der Waals surface area contributed by atoms with Crippen molar-refractivity contribution in [2.45, 2.75) is 12.4 Å². The molecule has 0 heterocycles. The van der Waals surface area contributed by atoms with Crippen LogP contribution in [0, 0.1) is 45.3 Å². The molecule has 5 aromatic rings. The van der Waals surface area contributed by atoms with Gasteiger partial charge in [-0.25, -0.2) is 0 Å². The Kier molecular flexibility index (Phi) is 7.82. The van der Waals surface area contributed by atoms with Gasteiger partial charge in [-0.2, -0.15) is 47.4 Å². The van der Waals surface area contributed by atoms with Gasteiger partial charge in [0.2, 0.25) is 0 Å². The number of nitrogens with zero attached hydrogens (tertiary/aromatic N) is 4. The normalized spacial score (nSPS) is 12.3. The van der Waals surface area contributed by atoms with Crippen molar-refractivity contribution in [3.8, 4) is 69.5 Å². The average Bonchev–Trinajstić information content (AvgIpc) is 3.59. The summed E-state index contributed by atoms with van der Waals surface area (Å²) < 4.78 is 90.1. The maximum atomic E-state index is 13.1. The van der Waals surface area contributed by atoms with Gasteiger partial charge >= 0.3 is 12.4 Å². The third-order valence-corrected chi connectivity index (χ3v) is 8.58. The van der Waals surface area contributed by atoms with E-state index in [9.17, 15) is 47.4 Å². The first-order valence-electron chi connectivity index (χ1n) is 15.1. The second kappa shape index (κ2) is 12.2. The SMILES string of the molecule is N#CC(C#N)=C1c2cc(Oc3ccc(C(F)(F)F)cc3)ccc2-c2cc3c(cc21)-c1ccc(Oc2ccc(C(F)(F)F)cc2)cc1C3=C(C#N)C#N. The highest BCUT2D eigenvalue weighted by molar-refractivity contribution is 6.11. The van der Waals surface area contributed by atoms with Crippen molar-refractivity contribution in [3.63, 3.8) is 0 Å². The fraction of sp³-hybridized carbons (Fsp3) is 0.0500. The van der Waals surface area contributed by atoms with Crippen molar-refractivity contribution >= 4 is 11.1 Å². The Morgan fingerprint density at radius 1 is 0.385 bits per heavy atom. The van der Waals surface area contributed by atoms with Crippen LogP contribution in [0.2, 0.25) is 0 Å². The molecule has 0 aliphatic heterocycles. The van der Waals surface area contributed by atoms with Gasteiger partial charge in [0.25, 0.3) is 0 Å². The summed E-state index contributed by atoms with van der Waals surface area (Å²) in [5.41, 5.74) is 2.72. The third kappa shape index (κ3) is 5.65. The molecule has 0 saturated heterocycles. The highest BCUT2D eigenvalue weighted by Crippen LogP contribution is 2.54. The molecule has 2 aliphatic carbocycles. The number of hydrogen-bond donors (Lipinski definition) is 0. The zero-order valence-electron chi connectivity index (χ0n) is 26.1. The average molecular weight is 699 g/mol. The summed E-state index contributed by atoms with van der Waals surface area (Å²) in [5, 5.41) is 39.9. The quantitative estimate of drug-likeness (QED) is 0.133. The first-order valence-corrected chi connectivity index (χ1v) is 15.1. The van der Waals surface area contributed by atoms with Crippen molar-refractivity contribution in [3.05, 3.63) is 142 Å². The number of hydrogen-bond acceptors (Lipinski definition) is 6. The number of allylic oxidation sites excluding steroid dienone is 2. The summed E-state index contributed by atoms with van der Waals surface area (Å²) in [6, 6.07) is 29.2. The van der Waals surface area contributed by atoms with Crippen LogP contribution >= 0.6 is 0 Å². The lowest BCUT2D eigenvalue weighted by Gasteiger charge is -2.11. The molecule has 12 heteroatoms. The lowest BCUT2D eigenvalue weighted by atomic mass is 9.93. The van der Waals surface area contributed by atoms with Gasteiger partial charge in [0, 0.05) is 11.1 Å². The molecule has 0 radical (unpaired) electrons. The van der Waals surface area contributed by atoms with E-state index in [4.69, 9.17) is 9.47 Å². The van der Waals surface area contributed by atoms with Gasteiger partial charge in [-0.3, -0.25) is 0 Å². The number of ether oxygens (including phenoxy) is 2. The number of nitriles is 4. The van der Waals surface area contributed by atoms with E-state index in [-0.39, 0.29) is 45.3 Å². The van der Waals surface area contributed by atoms with E-state index in [1.165, 1.54) is 24.3 Å². The first kappa shape index (κ1) is 33.2. The van der Waals surface area contributed by atoms with Gasteiger partial charge in [-0.05, 0) is 129 Å². The van der Waals surface area contributed by atoms with Gasteiger partial charge in [0.1, 0.15) is 58.4 Å². The summed E-state index contributed by atoms with van der Waals surface area (Å²) in [6.07, 6.45) is -9.05. The van der Waals surface area contributed by atoms with E-state index >= 15 is 0 Å². The molecular formula is C40H16F6N4O2. The molecule has 52 heavy (non-hydrogen) atoms. The molecule has 6 nitrogen and oxygen atoms in total. The molecule has 2 aliphatic rings. The molecule has 0 saturated carbocycles. The standard InChI is InChI=1S/C40H16F6N4O2/c41-39(42,43)23-1-5-25(6-2-23)51-27-9-11-29-31-15-36-32(16-35(31)37(33(29)13-27)21(17-47)18-48)30-12-10-28(14-34(30)38(36)22(19-49)20-50)52-26-7-3-24(4-8-26)40(44,45)46/h1-16H. The zero-order chi connectivity index (χ0) is 36.9. The molecule has 0 unspecified atom stereocenters. The van der Waals surface area contributed by atoms with Crippen molar-refractivity contribution in [2.24, 2.45) is 0 Å². The Labute approximate surface area is 291 Å². The molecule has 250 valence electrons. The Hall–Kier alpha value is -7.28. The summed E-state index contributed by atoms with van der Waals surface area (Å²) in [7, 11) is 0. The molecule has 7 rings (SSSR count). The van der Waals surface area contributed by atoms with Gasteiger partial charge in [-0.1, -0.05) is 12.1 Å². The number of fused-ring (bicyclic) bond motifs is 6. The minimum atomic E-state index is -4.52. The van der Waals surface area contributed by atoms with Crippen LogP contribution in [0.1, 0.15) is 33.4 Å². The van der Waals surface area contributed by atoms with Gasteiger partial charge in [0.05, 0.1) is 11.1 Å². The molecule has 0 aromatic heterocycles. The maximum absolute atomic E-state index is 13.1. The number of rotatable bonds is 4. The Balaban J connectivity index is 1.32. The topological polar surface area (TPSA) is 114 Å². The van der Waals surface area contributed by atoms with E-state index in [2.05, 4.69) is 0 Å². The number of halogens is 6. The van der Waals surface area contributed by atoms with Crippen molar-refractivity contribution in [1.82, 2.24) is 0 Å². The maximum Gasteiger partial charge on any atom is 0.416 e. The highest BCUT2D eigenvalue weighted by atomic mass is 19.4. The van der Waals surface area contributed by atoms with Crippen LogP contribution in [0.25, 0.3) is 33.4 Å². The number of alkyl halides is 6.